The van der Waals surface area contributed by atoms with Crippen LogP contribution in [0.5, 0.6) is 0 Å². The molecule has 1 aliphatic carbocycles. The van der Waals surface area contributed by atoms with E-state index in [9.17, 15) is 4.79 Å². The molecule has 3 aliphatic rings. The molecule has 2 saturated heterocycles. The van der Waals surface area contributed by atoms with E-state index >= 15 is 0 Å². The fourth-order valence-corrected chi connectivity index (χ4v) is 3.29. The minimum absolute atomic E-state index is 0. The van der Waals surface area contributed by atoms with E-state index in [0.29, 0.717) is 11.9 Å². The second-order valence-corrected chi connectivity index (χ2v) is 5.01. The fourth-order valence-electron chi connectivity index (χ4n) is 3.29. The van der Waals surface area contributed by atoms with Gasteiger partial charge in [-0.25, -0.2) is 0 Å². The summed E-state index contributed by atoms with van der Waals surface area (Å²) in [5, 5.41) is 3.27. The Morgan fingerprint density at radius 2 is 2.13 bits per heavy atom. The minimum Gasteiger partial charge on any atom is -0.339 e. The first kappa shape index (κ1) is 11.2. The van der Waals surface area contributed by atoms with Crippen LogP contribution in [-0.2, 0) is 4.79 Å². The number of nitrogens with one attached hydrogen (secondary N) is 1. The maximum atomic E-state index is 12.1. The number of hydrogen-bond acceptors (Lipinski definition) is 2. The van der Waals surface area contributed by atoms with Crippen LogP contribution in [-0.4, -0.2) is 36.5 Å². The van der Waals surface area contributed by atoms with Gasteiger partial charge < -0.3 is 10.2 Å². The maximum absolute atomic E-state index is 12.1. The number of carbonyl (C=O) groups is 1. The Morgan fingerprint density at radius 3 is 2.67 bits per heavy atom. The van der Waals surface area contributed by atoms with Crippen molar-refractivity contribution in [2.45, 2.75) is 31.7 Å². The molecule has 2 heterocycles. The molecule has 3 rings (SSSR count). The summed E-state index contributed by atoms with van der Waals surface area (Å²) < 4.78 is 0. The number of halogens is 1. The highest BCUT2D eigenvalue weighted by Gasteiger charge is 2.42. The average Bonchev–Trinajstić information content (AvgIpc) is 2.93. The highest BCUT2D eigenvalue weighted by atomic mass is 35.5. The standard InChI is InChI=1S/C11H18N2O.ClH/c14-11(9-3-4-12-6-9)13-7-8-1-2-10(13)5-8;/h8-10,12H,1-7H2;1H/t8?,9-,10?;/m1./s1. The van der Waals surface area contributed by atoms with Gasteiger partial charge in [0.15, 0.2) is 0 Å². The Labute approximate surface area is 97.0 Å². The molecule has 0 aromatic rings. The molecule has 3 atom stereocenters. The molecule has 2 bridgehead atoms. The fraction of sp³-hybridized carbons (Fsp3) is 0.909. The van der Waals surface area contributed by atoms with Gasteiger partial charge in [-0.05, 0) is 38.1 Å². The Bertz CT molecular complexity index is 253. The van der Waals surface area contributed by atoms with E-state index in [1.165, 1.54) is 19.3 Å². The highest BCUT2D eigenvalue weighted by Crippen LogP contribution is 2.38. The number of fused-ring (bicyclic) bond motifs is 2. The first-order chi connectivity index (χ1) is 6.84. The summed E-state index contributed by atoms with van der Waals surface area (Å²) in [6.45, 7) is 2.99. The summed E-state index contributed by atoms with van der Waals surface area (Å²) in [5.74, 6) is 1.55. The van der Waals surface area contributed by atoms with Crippen molar-refractivity contribution in [2.24, 2.45) is 11.8 Å². The normalized spacial score (nSPS) is 38.1. The first-order valence-electron chi connectivity index (χ1n) is 5.86. The molecule has 3 nitrogen and oxygen atoms in total. The topological polar surface area (TPSA) is 32.3 Å². The molecule has 86 valence electrons. The number of carbonyl (C=O) groups excluding carboxylic acids is 1. The molecule has 0 aromatic carbocycles. The van der Waals surface area contributed by atoms with Crippen molar-refractivity contribution in [2.75, 3.05) is 19.6 Å². The predicted molar refractivity (Wildman–Crippen MR) is 61.1 cm³/mol. The number of rotatable bonds is 1. The van der Waals surface area contributed by atoms with Crippen LogP contribution in [0.15, 0.2) is 0 Å². The molecule has 0 radical (unpaired) electrons. The van der Waals surface area contributed by atoms with Crippen molar-refractivity contribution in [1.29, 1.82) is 0 Å². The van der Waals surface area contributed by atoms with E-state index in [4.69, 9.17) is 0 Å². The van der Waals surface area contributed by atoms with Crippen LogP contribution in [0, 0.1) is 11.8 Å². The van der Waals surface area contributed by atoms with Gasteiger partial charge in [0.2, 0.25) is 5.91 Å². The lowest BCUT2D eigenvalue weighted by molar-refractivity contribution is -0.136. The number of nitrogens with zero attached hydrogens (tertiary/aromatic N) is 1. The van der Waals surface area contributed by atoms with Crippen LogP contribution in [0.1, 0.15) is 25.7 Å². The molecule has 4 heteroatoms. The quantitative estimate of drug-likeness (QED) is 0.730. The minimum atomic E-state index is 0. The van der Waals surface area contributed by atoms with Gasteiger partial charge in [0.05, 0.1) is 5.92 Å². The highest BCUT2D eigenvalue weighted by molar-refractivity contribution is 5.85. The van der Waals surface area contributed by atoms with Gasteiger partial charge in [-0.1, -0.05) is 0 Å². The molecule has 3 fully saturated rings. The van der Waals surface area contributed by atoms with Crippen molar-refractivity contribution < 1.29 is 4.79 Å². The van der Waals surface area contributed by atoms with Gasteiger partial charge in [-0.15, -0.1) is 12.4 Å². The summed E-state index contributed by atoms with van der Waals surface area (Å²) in [4.78, 5) is 14.3. The van der Waals surface area contributed by atoms with Gasteiger partial charge in [0.1, 0.15) is 0 Å². The van der Waals surface area contributed by atoms with E-state index in [2.05, 4.69) is 10.2 Å². The Kier molecular flexibility index (Phi) is 3.21. The van der Waals surface area contributed by atoms with Crippen molar-refractivity contribution in [3.8, 4) is 0 Å². The maximum Gasteiger partial charge on any atom is 0.227 e. The van der Waals surface area contributed by atoms with E-state index in [1.54, 1.807) is 0 Å². The zero-order valence-electron chi connectivity index (χ0n) is 8.95. The number of likely N-dealkylation sites (tertiary alicyclic amines) is 1. The molecule has 15 heavy (non-hydrogen) atoms. The Morgan fingerprint density at radius 1 is 1.27 bits per heavy atom. The van der Waals surface area contributed by atoms with Gasteiger partial charge in [0, 0.05) is 19.1 Å². The van der Waals surface area contributed by atoms with Crippen molar-refractivity contribution in [1.82, 2.24) is 10.2 Å². The van der Waals surface area contributed by atoms with Crippen molar-refractivity contribution in [3.63, 3.8) is 0 Å². The summed E-state index contributed by atoms with van der Waals surface area (Å²) in [6.07, 6.45) is 4.95. The second-order valence-electron chi connectivity index (χ2n) is 5.01. The van der Waals surface area contributed by atoms with E-state index in [-0.39, 0.29) is 18.3 Å². The lowest BCUT2D eigenvalue weighted by atomic mass is 10.0. The van der Waals surface area contributed by atoms with Crippen LogP contribution < -0.4 is 5.32 Å². The lowest BCUT2D eigenvalue weighted by Crippen LogP contribution is -2.41. The Balaban J connectivity index is 0.000000853. The third-order valence-corrected chi connectivity index (χ3v) is 4.10. The SMILES string of the molecule is Cl.O=C([C@@H]1CCNC1)N1CC2CCC1C2. The number of amides is 1. The molecule has 1 N–H and O–H groups in total. The van der Waals surface area contributed by atoms with Crippen LogP contribution >= 0.6 is 12.4 Å². The first-order valence-corrected chi connectivity index (χ1v) is 5.86. The predicted octanol–water partition coefficient (Wildman–Crippen LogP) is 1.03. The molecular formula is C11H19ClN2O. The summed E-state index contributed by atoms with van der Waals surface area (Å²) in [5.41, 5.74) is 0. The van der Waals surface area contributed by atoms with Crippen LogP contribution in [0.25, 0.3) is 0 Å². The second kappa shape index (κ2) is 4.30. The average molecular weight is 231 g/mol. The zero-order chi connectivity index (χ0) is 9.54. The molecule has 1 saturated carbocycles. The van der Waals surface area contributed by atoms with Gasteiger partial charge >= 0.3 is 0 Å². The van der Waals surface area contributed by atoms with Gasteiger partial charge in [-0.2, -0.15) is 0 Å². The van der Waals surface area contributed by atoms with Crippen molar-refractivity contribution >= 4 is 18.3 Å². The molecule has 0 spiro atoms. The molecule has 2 aliphatic heterocycles. The van der Waals surface area contributed by atoms with Crippen LogP contribution in [0.4, 0.5) is 0 Å². The smallest absolute Gasteiger partial charge is 0.227 e. The molecular weight excluding hydrogens is 212 g/mol. The summed E-state index contributed by atoms with van der Waals surface area (Å²) in [7, 11) is 0. The zero-order valence-corrected chi connectivity index (χ0v) is 9.76. The molecule has 0 aromatic heterocycles. The monoisotopic (exact) mass is 230 g/mol. The number of hydrogen-bond donors (Lipinski definition) is 1. The van der Waals surface area contributed by atoms with E-state index in [0.717, 1.165) is 32.0 Å². The third-order valence-electron chi connectivity index (χ3n) is 4.10. The Hall–Kier alpha value is -0.280. The lowest BCUT2D eigenvalue weighted by Gasteiger charge is -2.29. The van der Waals surface area contributed by atoms with Crippen LogP contribution in [0.2, 0.25) is 0 Å². The van der Waals surface area contributed by atoms with Crippen molar-refractivity contribution in [3.05, 3.63) is 0 Å². The van der Waals surface area contributed by atoms with Gasteiger partial charge in [-0.3, -0.25) is 4.79 Å². The summed E-state index contributed by atoms with van der Waals surface area (Å²) >= 11 is 0. The van der Waals surface area contributed by atoms with E-state index in [1.807, 2.05) is 0 Å². The molecule has 2 unspecified atom stereocenters. The third kappa shape index (κ3) is 1.87. The summed E-state index contributed by atoms with van der Waals surface area (Å²) in [6, 6.07) is 0.605. The molecule has 1 amide bonds. The van der Waals surface area contributed by atoms with E-state index < -0.39 is 0 Å². The van der Waals surface area contributed by atoms with Gasteiger partial charge in [0.25, 0.3) is 0 Å². The largest absolute Gasteiger partial charge is 0.339 e. The van der Waals surface area contributed by atoms with Crippen LogP contribution in [0.3, 0.4) is 0 Å². The number of piperidine rings is 1.